The van der Waals surface area contributed by atoms with E-state index in [1.54, 1.807) is 0 Å². The molecule has 2 N–H and O–H groups in total. The molecule has 3 rings (SSSR count). The van der Waals surface area contributed by atoms with Gasteiger partial charge in [-0.05, 0) is 37.4 Å². The summed E-state index contributed by atoms with van der Waals surface area (Å²) in [5.74, 6) is -0.550. The highest BCUT2D eigenvalue weighted by atomic mass is 16.5. The van der Waals surface area contributed by atoms with E-state index in [1.165, 1.54) is 0 Å². The molecule has 0 aromatic heterocycles. The predicted molar refractivity (Wildman–Crippen MR) is 104 cm³/mol. The lowest BCUT2D eigenvalue weighted by atomic mass is 10.1. The summed E-state index contributed by atoms with van der Waals surface area (Å²) in [7, 11) is 0. The minimum absolute atomic E-state index is 0.138. The number of hydrogen-bond acceptors (Lipinski definition) is 4. The molecule has 142 valence electrons. The number of nitrogens with one attached hydrogen (secondary N) is 2. The molecular formula is C22H26N2O3. The van der Waals surface area contributed by atoms with Crippen molar-refractivity contribution in [2.24, 2.45) is 0 Å². The molecule has 2 aromatic rings. The Morgan fingerprint density at radius 1 is 1.11 bits per heavy atom. The zero-order chi connectivity index (χ0) is 19.1. The first-order chi connectivity index (χ1) is 13.1. The molecule has 1 aliphatic heterocycles. The van der Waals surface area contributed by atoms with Gasteiger partial charge in [-0.2, -0.15) is 0 Å². The first-order valence-corrected chi connectivity index (χ1v) is 9.41. The maximum absolute atomic E-state index is 12.7. The van der Waals surface area contributed by atoms with E-state index in [1.807, 2.05) is 61.5 Å². The zero-order valence-electron chi connectivity index (χ0n) is 15.6. The third-order valence-electron chi connectivity index (χ3n) is 4.76. The van der Waals surface area contributed by atoms with Crippen molar-refractivity contribution in [1.29, 1.82) is 0 Å². The van der Waals surface area contributed by atoms with Crippen LogP contribution in [-0.2, 0) is 27.4 Å². The Morgan fingerprint density at radius 2 is 1.85 bits per heavy atom. The summed E-state index contributed by atoms with van der Waals surface area (Å²) in [5, 5.41) is 6.04. The molecule has 1 heterocycles. The van der Waals surface area contributed by atoms with Gasteiger partial charge in [0, 0.05) is 6.42 Å². The van der Waals surface area contributed by atoms with Gasteiger partial charge in [-0.25, -0.2) is 4.79 Å². The number of hydrogen-bond donors (Lipinski definition) is 2. The molecule has 2 atom stereocenters. The lowest BCUT2D eigenvalue weighted by Gasteiger charge is -2.20. The summed E-state index contributed by atoms with van der Waals surface area (Å²) in [6.45, 7) is 3.04. The smallest absolute Gasteiger partial charge is 0.329 e. The number of carbonyl (C=O) groups excluding carboxylic acids is 2. The zero-order valence-corrected chi connectivity index (χ0v) is 15.6. The lowest BCUT2D eigenvalue weighted by molar-refractivity contribution is -0.149. The van der Waals surface area contributed by atoms with Crippen LogP contribution >= 0.6 is 0 Å². The van der Waals surface area contributed by atoms with E-state index in [0.29, 0.717) is 6.42 Å². The Kier molecular flexibility index (Phi) is 6.60. The van der Waals surface area contributed by atoms with Gasteiger partial charge in [0.1, 0.15) is 12.6 Å². The summed E-state index contributed by atoms with van der Waals surface area (Å²) in [4.78, 5) is 25.2. The Hall–Kier alpha value is -2.66. The molecule has 0 radical (unpaired) electrons. The van der Waals surface area contributed by atoms with Gasteiger partial charge in [-0.15, -0.1) is 0 Å². The molecule has 2 aromatic carbocycles. The largest absolute Gasteiger partial charge is 0.459 e. The second-order valence-electron chi connectivity index (χ2n) is 6.99. The molecule has 0 spiro atoms. The van der Waals surface area contributed by atoms with Crippen molar-refractivity contribution in [3.05, 3.63) is 71.3 Å². The van der Waals surface area contributed by atoms with Crippen LogP contribution in [0.2, 0.25) is 0 Å². The molecule has 1 fully saturated rings. The van der Waals surface area contributed by atoms with Gasteiger partial charge < -0.3 is 15.4 Å². The quantitative estimate of drug-likeness (QED) is 0.739. The van der Waals surface area contributed by atoms with Crippen LogP contribution in [0, 0.1) is 6.92 Å². The van der Waals surface area contributed by atoms with Crippen molar-refractivity contribution in [2.45, 2.75) is 44.9 Å². The molecule has 5 nitrogen and oxygen atoms in total. The molecule has 0 aliphatic carbocycles. The molecule has 0 saturated carbocycles. The number of aryl methyl sites for hydroxylation is 1. The minimum atomic E-state index is -0.701. The molecule has 0 bridgehead atoms. The second-order valence-corrected chi connectivity index (χ2v) is 6.99. The summed E-state index contributed by atoms with van der Waals surface area (Å²) in [5.41, 5.74) is 3.06. The Labute approximate surface area is 160 Å². The molecule has 1 aliphatic rings. The maximum atomic E-state index is 12.7. The fourth-order valence-corrected chi connectivity index (χ4v) is 3.16. The number of esters is 1. The van der Waals surface area contributed by atoms with Crippen LogP contribution in [0.25, 0.3) is 0 Å². The fraction of sp³-hybridized carbons (Fsp3) is 0.364. The van der Waals surface area contributed by atoms with Crippen LogP contribution in [0.4, 0.5) is 0 Å². The number of carbonyl (C=O) groups is 2. The number of amides is 1. The number of benzene rings is 2. The molecular weight excluding hydrogens is 340 g/mol. The highest BCUT2D eigenvalue weighted by Crippen LogP contribution is 2.10. The van der Waals surface area contributed by atoms with Gasteiger partial charge in [-0.3, -0.25) is 4.79 Å². The predicted octanol–water partition coefficient (Wildman–Crippen LogP) is 2.52. The van der Waals surface area contributed by atoms with E-state index in [2.05, 4.69) is 10.6 Å². The van der Waals surface area contributed by atoms with Gasteiger partial charge in [-0.1, -0.05) is 60.2 Å². The highest BCUT2D eigenvalue weighted by Gasteiger charge is 2.28. The molecule has 1 amide bonds. The van der Waals surface area contributed by atoms with Crippen LogP contribution in [0.5, 0.6) is 0 Å². The van der Waals surface area contributed by atoms with Gasteiger partial charge in [0.2, 0.25) is 5.91 Å². The normalized spacial score (nSPS) is 17.3. The Morgan fingerprint density at radius 3 is 2.52 bits per heavy atom. The van der Waals surface area contributed by atoms with E-state index in [0.717, 1.165) is 36.1 Å². The molecule has 5 heteroatoms. The number of rotatable bonds is 7. The van der Waals surface area contributed by atoms with E-state index in [9.17, 15) is 9.59 Å². The van der Waals surface area contributed by atoms with E-state index < -0.39 is 12.0 Å². The third kappa shape index (κ3) is 5.66. The average molecular weight is 366 g/mol. The standard InChI is InChI=1S/C22H26N2O3/c1-16-9-11-18(12-10-16)15-27-22(26)20(14-17-6-3-2-4-7-17)24-21(25)19-8-5-13-23-19/h2-4,6-7,9-12,19-20,23H,5,8,13-15H2,1H3,(H,24,25)/t19-,20-/m0/s1. The van der Waals surface area contributed by atoms with Gasteiger partial charge >= 0.3 is 5.97 Å². The van der Waals surface area contributed by atoms with Crippen molar-refractivity contribution in [3.8, 4) is 0 Å². The summed E-state index contributed by atoms with van der Waals surface area (Å²) in [6, 6.07) is 16.6. The average Bonchev–Trinajstić information content (AvgIpc) is 3.22. The van der Waals surface area contributed by atoms with Crippen LogP contribution < -0.4 is 10.6 Å². The molecule has 0 unspecified atom stereocenters. The van der Waals surface area contributed by atoms with Crippen LogP contribution in [0.15, 0.2) is 54.6 Å². The maximum Gasteiger partial charge on any atom is 0.329 e. The van der Waals surface area contributed by atoms with E-state index in [4.69, 9.17) is 4.74 Å². The minimum Gasteiger partial charge on any atom is -0.459 e. The van der Waals surface area contributed by atoms with Crippen molar-refractivity contribution >= 4 is 11.9 Å². The number of ether oxygens (including phenoxy) is 1. The highest BCUT2D eigenvalue weighted by molar-refractivity contribution is 5.87. The fourth-order valence-electron chi connectivity index (χ4n) is 3.16. The third-order valence-corrected chi connectivity index (χ3v) is 4.76. The Bertz CT molecular complexity index is 753. The lowest BCUT2D eigenvalue weighted by Crippen LogP contribution is -2.49. The summed E-state index contributed by atoms with van der Waals surface area (Å²) in [6.07, 6.45) is 2.17. The van der Waals surface area contributed by atoms with Gasteiger partial charge in [0.15, 0.2) is 0 Å². The van der Waals surface area contributed by atoms with Crippen LogP contribution in [0.3, 0.4) is 0 Å². The van der Waals surface area contributed by atoms with Crippen molar-refractivity contribution in [1.82, 2.24) is 10.6 Å². The van der Waals surface area contributed by atoms with Crippen LogP contribution in [0.1, 0.15) is 29.5 Å². The Balaban J connectivity index is 1.64. The summed E-state index contributed by atoms with van der Waals surface area (Å²) >= 11 is 0. The second kappa shape index (κ2) is 9.33. The van der Waals surface area contributed by atoms with Crippen molar-refractivity contribution in [2.75, 3.05) is 6.54 Å². The van der Waals surface area contributed by atoms with Crippen molar-refractivity contribution in [3.63, 3.8) is 0 Å². The van der Waals surface area contributed by atoms with Gasteiger partial charge in [0.05, 0.1) is 6.04 Å². The molecule has 1 saturated heterocycles. The van der Waals surface area contributed by atoms with Crippen molar-refractivity contribution < 1.29 is 14.3 Å². The first kappa shape index (κ1) is 19.1. The summed E-state index contributed by atoms with van der Waals surface area (Å²) < 4.78 is 5.49. The SMILES string of the molecule is Cc1ccc(COC(=O)[C@H](Cc2ccccc2)NC(=O)[C@@H]2CCCN2)cc1. The monoisotopic (exact) mass is 366 g/mol. The van der Waals surface area contributed by atoms with E-state index >= 15 is 0 Å². The topological polar surface area (TPSA) is 67.4 Å². The first-order valence-electron chi connectivity index (χ1n) is 9.41. The molecule has 27 heavy (non-hydrogen) atoms. The van der Waals surface area contributed by atoms with Crippen LogP contribution in [-0.4, -0.2) is 30.5 Å². The van der Waals surface area contributed by atoms with E-state index in [-0.39, 0.29) is 18.6 Å². The van der Waals surface area contributed by atoms with Gasteiger partial charge in [0.25, 0.3) is 0 Å².